The zero-order valence-corrected chi connectivity index (χ0v) is 16.8. The van der Waals surface area contributed by atoms with Crippen molar-refractivity contribution in [1.82, 2.24) is 25.0 Å². The number of halogens is 1. The Kier molecular flexibility index (Phi) is 5.14. The number of hydrogen-bond donors (Lipinski definition) is 1. The molecule has 0 radical (unpaired) electrons. The molecule has 150 valence electrons. The molecular formula is C20H20FN5O2S. The van der Waals surface area contributed by atoms with Gasteiger partial charge in [0.15, 0.2) is 5.82 Å². The molecule has 1 atom stereocenters. The molecule has 1 aromatic carbocycles. The molecule has 1 aliphatic rings. The first kappa shape index (κ1) is 19.3. The number of nitrogens with zero attached hydrogens (tertiary/aromatic N) is 4. The molecule has 9 heteroatoms. The average molecular weight is 413 g/mol. The monoisotopic (exact) mass is 413 g/mol. The normalized spacial score (nSPS) is 16.9. The van der Waals surface area contributed by atoms with Crippen molar-refractivity contribution in [3.8, 4) is 16.4 Å². The number of amides is 2. The van der Waals surface area contributed by atoms with E-state index in [1.54, 1.807) is 12.1 Å². The molecule has 1 unspecified atom stereocenters. The van der Waals surface area contributed by atoms with Gasteiger partial charge in [-0.25, -0.2) is 14.1 Å². The van der Waals surface area contributed by atoms with Crippen molar-refractivity contribution in [2.45, 2.75) is 19.9 Å². The van der Waals surface area contributed by atoms with Crippen molar-refractivity contribution in [3.05, 3.63) is 53.4 Å². The molecule has 3 heterocycles. The summed E-state index contributed by atoms with van der Waals surface area (Å²) >= 11 is 1.45. The third kappa shape index (κ3) is 3.65. The van der Waals surface area contributed by atoms with Crippen molar-refractivity contribution in [2.24, 2.45) is 5.92 Å². The first-order valence-corrected chi connectivity index (χ1v) is 10.2. The fourth-order valence-electron chi connectivity index (χ4n) is 3.46. The highest BCUT2D eigenvalue weighted by Crippen LogP contribution is 2.27. The van der Waals surface area contributed by atoms with E-state index < -0.39 is 17.8 Å². The maximum atomic E-state index is 13.8. The Labute approximate surface area is 171 Å². The molecule has 1 N–H and O–H groups in total. The van der Waals surface area contributed by atoms with Crippen LogP contribution in [0.3, 0.4) is 0 Å². The van der Waals surface area contributed by atoms with Crippen molar-refractivity contribution in [2.75, 3.05) is 13.1 Å². The standard InChI is InChI=1S/C20H20FN5O2S/c1-12(2)16-19(27)22-8-9-25(16)20(28)17-23-18(15-7-4-10-29-15)26(24-17)14-6-3-5-13(21)11-14/h3-7,10-12,16H,8-9H2,1-2H3,(H,22,27). The summed E-state index contributed by atoms with van der Waals surface area (Å²) in [6, 6.07) is 9.12. The van der Waals surface area contributed by atoms with Gasteiger partial charge in [0.1, 0.15) is 11.9 Å². The highest BCUT2D eigenvalue weighted by atomic mass is 32.1. The largest absolute Gasteiger partial charge is 0.353 e. The van der Waals surface area contributed by atoms with Gasteiger partial charge in [0.25, 0.3) is 5.91 Å². The van der Waals surface area contributed by atoms with E-state index in [0.29, 0.717) is 24.6 Å². The molecule has 0 bridgehead atoms. The van der Waals surface area contributed by atoms with E-state index in [0.717, 1.165) is 4.88 Å². The Morgan fingerprint density at radius 2 is 2.14 bits per heavy atom. The van der Waals surface area contributed by atoms with Crippen LogP contribution in [0, 0.1) is 11.7 Å². The quantitative estimate of drug-likeness (QED) is 0.713. The van der Waals surface area contributed by atoms with Gasteiger partial charge in [-0.05, 0) is 35.6 Å². The first-order chi connectivity index (χ1) is 14.0. The second kappa shape index (κ2) is 7.75. The number of rotatable bonds is 4. The Bertz CT molecular complexity index is 1050. The molecule has 7 nitrogen and oxygen atoms in total. The number of carbonyl (C=O) groups excluding carboxylic acids is 2. The lowest BCUT2D eigenvalue weighted by Crippen LogP contribution is -2.59. The lowest BCUT2D eigenvalue weighted by atomic mass is 9.99. The van der Waals surface area contributed by atoms with Gasteiger partial charge in [-0.1, -0.05) is 26.0 Å². The predicted molar refractivity (Wildman–Crippen MR) is 107 cm³/mol. The summed E-state index contributed by atoms with van der Waals surface area (Å²) in [5.41, 5.74) is 0.469. The van der Waals surface area contributed by atoms with E-state index in [1.807, 2.05) is 31.4 Å². The maximum Gasteiger partial charge on any atom is 0.294 e. The zero-order valence-electron chi connectivity index (χ0n) is 16.0. The zero-order chi connectivity index (χ0) is 20.5. The van der Waals surface area contributed by atoms with Gasteiger partial charge in [-0.15, -0.1) is 16.4 Å². The van der Waals surface area contributed by atoms with Gasteiger partial charge in [0.05, 0.1) is 10.6 Å². The van der Waals surface area contributed by atoms with Crippen molar-refractivity contribution < 1.29 is 14.0 Å². The van der Waals surface area contributed by atoms with Crippen LogP contribution in [0.15, 0.2) is 41.8 Å². The molecule has 0 spiro atoms. The molecule has 3 aromatic rings. The predicted octanol–water partition coefficient (Wildman–Crippen LogP) is 2.73. The minimum Gasteiger partial charge on any atom is -0.353 e. The molecule has 2 aromatic heterocycles. The molecule has 2 amide bonds. The van der Waals surface area contributed by atoms with Gasteiger partial charge in [0, 0.05) is 13.1 Å². The van der Waals surface area contributed by atoms with Crippen molar-refractivity contribution in [1.29, 1.82) is 0 Å². The molecule has 29 heavy (non-hydrogen) atoms. The second-order valence-electron chi connectivity index (χ2n) is 7.11. The summed E-state index contributed by atoms with van der Waals surface area (Å²) in [4.78, 5) is 32.3. The SMILES string of the molecule is CC(C)C1C(=O)NCCN1C(=O)c1nc(-c2cccs2)n(-c2cccc(F)c2)n1. The number of thiophene rings is 1. The number of nitrogens with one attached hydrogen (secondary N) is 1. The van der Waals surface area contributed by atoms with Gasteiger partial charge >= 0.3 is 0 Å². The Hall–Kier alpha value is -3.07. The van der Waals surface area contributed by atoms with Crippen LogP contribution in [0.4, 0.5) is 4.39 Å². The van der Waals surface area contributed by atoms with Gasteiger partial charge in [-0.3, -0.25) is 9.59 Å². The summed E-state index contributed by atoms with van der Waals surface area (Å²) in [7, 11) is 0. The molecule has 1 fully saturated rings. The lowest BCUT2D eigenvalue weighted by molar-refractivity contribution is -0.129. The molecule has 4 rings (SSSR count). The van der Waals surface area contributed by atoms with E-state index in [2.05, 4.69) is 15.4 Å². The van der Waals surface area contributed by atoms with Crippen LogP contribution < -0.4 is 5.32 Å². The van der Waals surface area contributed by atoms with Crippen LogP contribution in [0.1, 0.15) is 24.5 Å². The number of benzene rings is 1. The molecule has 0 aliphatic carbocycles. The Balaban J connectivity index is 1.77. The van der Waals surface area contributed by atoms with Gasteiger partial charge in [-0.2, -0.15) is 0 Å². The van der Waals surface area contributed by atoms with Gasteiger partial charge < -0.3 is 10.2 Å². The molecular weight excluding hydrogens is 393 g/mol. The van der Waals surface area contributed by atoms with Crippen LogP contribution in [0.25, 0.3) is 16.4 Å². The lowest BCUT2D eigenvalue weighted by Gasteiger charge is -2.36. The number of hydrogen-bond acceptors (Lipinski definition) is 5. The third-order valence-corrected chi connectivity index (χ3v) is 5.61. The van der Waals surface area contributed by atoms with E-state index >= 15 is 0 Å². The van der Waals surface area contributed by atoms with Crippen molar-refractivity contribution >= 4 is 23.2 Å². The molecule has 0 saturated carbocycles. The van der Waals surface area contributed by atoms with Gasteiger partial charge in [0.2, 0.25) is 11.7 Å². The second-order valence-corrected chi connectivity index (χ2v) is 8.05. The van der Waals surface area contributed by atoms with Crippen LogP contribution in [-0.4, -0.2) is 50.6 Å². The van der Waals surface area contributed by atoms with E-state index in [4.69, 9.17) is 0 Å². The molecule has 1 saturated heterocycles. The first-order valence-electron chi connectivity index (χ1n) is 9.31. The smallest absolute Gasteiger partial charge is 0.294 e. The van der Waals surface area contributed by atoms with E-state index in [9.17, 15) is 14.0 Å². The summed E-state index contributed by atoms with van der Waals surface area (Å²) in [5, 5.41) is 9.09. The summed E-state index contributed by atoms with van der Waals surface area (Å²) < 4.78 is 15.3. The van der Waals surface area contributed by atoms with Crippen molar-refractivity contribution in [3.63, 3.8) is 0 Å². The fraction of sp³-hybridized carbons (Fsp3) is 0.300. The number of piperazine rings is 1. The minimum absolute atomic E-state index is 0.0157. The Morgan fingerprint density at radius 1 is 1.31 bits per heavy atom. The topological polar surface area (TPSA) is 80.1 Å². The summed E-state index contributed by atoms with van der Waals surface area (Å²) in [6.07, 6.45) is 0. The highest BCUT2D eigenvalue weighted by Gasteiger charge is 2.37. The van der Waals surface area contributed by atoms with Crippen LogP contribution in [0.2, 0.25) is 0 Å². The molecule has 1 aliphatic heterocycles. The fourth-order valence-corrected chi connectivity index (χ4v) is 4.16. The Morgan fingerprint density at radius 3 is 2.83 bits per heavy atom. The summed E-state index contributed by atoms with van der Waals surface area (Å²) in [5.74, 6) is -0.611. The number of aromatic nitrogens is 3. The minimum atomic E-state index is -0.581. The third-order valence-electron chi connectivity index (χ3n) is 4.74. The highest BCUT2D eigenvalue weighted by molar-refractivity contribution is 7.13. The maximum absolute atomic E-state index is 13.8. The van der Waals surface area contributed by atoms with E-state index in [1.165, 1.54) is 33.1 Å². The van der Waals surface area contributed by atoms with E-state index in [-0.39, 0.29) is 17.6 Å². The van der Waals surface area contributed by atoms with Crippen LogP contribution in [-0.2, 0) is 4.79 Å². The number of carbonyl (C=O) groups is 2. The van der Waals surface area contributed by atoms with Crippen LogP contribution in [0.5, 0.6) is 0 Å². The van der Waals surface area contributed by atoms with Crippen LogP contribution >= 0.6 is 11.3 Å². The summed E-state index contributed by atoms with van der Waals surface area (Å²) in [6.45, 7) is 4.56. The average Bonchev–Trinajstić information content (AvgIpc) is 3.36.